The van der Waals surface area contributed by atoms with Crippen molar-refractivity contribution in [2.75, 3.05) is 44.7 Å². The van der Waals surface area contributed by atoms with Crippen molar-refractivity contribution in [3.8, 4) is 0 Å². The Labute approximate surface area is 134 Å². The molecule has 0 radical (unpaired) electrons. The molecule has 1 aliphatic rings. The molecule has 0 bridgehead atoms. The van der Waals surface area contributed by atoms with Crippen molar-refractivity contribution in [2.24, 2.45) is 0 Å². The Morgan fingerprint density at radius 1 is 1.39 bits per heavy atom. The maximum atomic E-state index is 11.8. The second kappa shape index (κ2) is 8.44. The smallest absolute Gasteiger partial charge is 0.319 e. The van der Waals surface area contributed by atoms with E-state index in [1.54, 1.807) is 19.1 Å². The molecule has 1 heterocycles. The minimum atomic E-state index is -0.458. The third kappa shape index (κ3) is 5.50. The third-order valence-corrected chi connectivity index (χ3v) is 3.70. The number of rotatable bonds is 6. The molecule has 0 unspecified atom stereocenters. The largest absolute Gasteiger partial charge is 0.379 e. The zero-order chi connectivity index (χ0) is 16.7. The van der Waals surface area contributed by atoms with Crippen molar-refractivity contribution in [2.45, 2.75) is 13.3 Å². The quantitative estimate of drug-likeness (QED) is 0.472. The molecule has 0 spiro atoms. The fourth-order valence-corrected chi connectivity index (χ4v) is 2.39. The Kier molecular flexibility index (Phi) is 6.30. The zero-order valence-corrected chi connectivity index (χ0v) is 13.2. The molecule has 8 heteroatoms. The second-order valence-electron chi connectivity index (χ2n) is 5.45. The topological polar surface area (TPSA) is 96.7 Å². The van der Waals surface area contributed by atoms with E-state index in [2.05, 4.69) is 15.5 Å². The lowest BCUT2D eigenvalue weighted by molar-refractivity contribution is -0.385. The first-order chi connectivity index (χ1) is 11.1. The lowest BCUT2D eigenvalue weighted by atomic mass is 10.2. The van der Waals surface area contributed by atoms with Crippen molar-refractivity contribution in [1.82, 2.24) is 10.2 Å². The first kappa shape index (κ1) is 17.2. The van der Waals surface area contributed by atoms with Crippen LogP contribution in [0.1, 0.15) is 12.0 Å². The van der Waals surface area contributed by atoms with Crippen LogP contribution in [0.25, 0.3) is 0 Å². The van der Waals surface area contributed by atoms with Crippen LogP contribution in [0.15, 0.2) is 18.2 Å². The Hall–Kier alpha value is -2.19. The summed E-state index contributed by atoms with van der Waals surface area (Å²) in [6.45, 7) is 6.52. The fraction of sp³-hybridized carbons (Fsp3) is 0.533. The third-order valence-electron chi connectivity index (χ3n) is 3.70. The van der Waals surface area contributed by atoms with E-state index in [1.165, 1.54) is 6.07 Å². The summed E-state index contributed by atoms with van der Waals surface area (Å²) in [5.41, 5.74) is 0.967. The van der Waals surface area contributed by atoms with Crippen molar-refractivity contribution in [3.05, 3.63) is 33.9 Å². The lowest BCUT2D eigenvalue weighted by Crippen LogP contribution is -2.38. The average molecular weight is 322 g/mol. The van der Waals surface area contributed by atoms with E-state index < -0.39 is 4.92 Å². The number of carbonyl (C=O) groups is 1. The number of anilines is 1. The van der Waals surface area contributed by atoms with Gasteiger partial charge in [0.25, 0.3) is 5.69 Å². The van der Waals surface area contributed by atoms with Gasteiger partial charge in [-0.05, 0) is 26.0 Å². The van der Waals surface area contributed by atoms with Gasteiger partial charge in [-0.15, -0.1) is 0 Å². The summed E-state index contributed by atoms with van der Waals surface area (Å²) >= 11 is 0. The summed E-state index contributed by atoms with van der Waals surface area (Å²) in [4.78, 5) is 24.5. The van der Waals surface area contributed by atoms with E-state index in [0.717, 1.165) is 39.3 Å². The van der Waals surface area contributed by atoms with Crippen molar-refractivity contribution >= 4 is 17.4 Å². The minimum Gasteiger partial charge on any atom is -0.379 e. The number of hydrogen-bond acceptors (Lipinski definition) is 5. The summed E-state index contributed by atoms with van der Waals surface area (Å²) < 4.78 is 5.28. The number of nitrogens with zero attached hydrogens (tertiary/aromatic N) is 2. The van der Waals surface area contributed by atoms with Gasteiger partial charge in [-0.2, -0.15) is 0 Å². The summed E-state index contributed by atoms with van der Waals surface area (Å²) in [5.74, 6) is 0. The molecule has 1 fully saturated rings. The molecule has 1 aromatic carbocycles. The number of nitro groups is 1. The Balaban J connectivity index is 1.72. The van der Waals surface area contributed by atoms with Crippen LogP contribution in [0.5, 0.6) is 0 Å². The highest BCUT2D eigenvalue weighted by atomic mass is 16.6. The SMILES string of the molecule is Cc1ccc(NC(=O)NCCCN2CCOCC2)cc1[N+](=O)[O-]. The highest BCUT2D eigenvalue weighted by Gasteiger charge is 2.12. The van der Waals surface area contributed by atoms with Crippen LogP contribution < -0.4 is 10.6 Å². The maximum Gasteiger partial charge on any atom is 0.319 e. The molecule has 23 heavy (non-hydrogen) atoms. The Morgan fingerprint density at radius 3 is 2.83 bits per heavy atom. The number of ether oxygens (including phenoxy) is 1. The molecule has 1 aliphatic heterocycles. The number of benzene rings is 1. The van der Waals surface area contributed by atoms with Gasteiger partial charge in [-0.1, -0.05) is 6.07 Å². The summed E-state index contributed by atoms with van der Waals surface area (Å²) in [6.07, 6.45) is 0.849. The van der Waals surface area contributed by atoms with Gasteiger partial charge in [0.2, 0.25) is 0 Å². The molecule has 2 N–H and O–H groups in total. The molecule has 8 nitrogen and oxygen atoms in total. The minimum absolute atomic E-state index is 0.00452. The lowest BCUT2D eigenvalue weighted by Gasteiger charge is -2.26. The highest BCUT2D eigenvalue weighted by molar-refractivity contribution is 5.89. The molecule has 1 aromatic rings. The van der Waals surface area contributed by atoms with Crippen LogP contribution in [0.2, 0.25) is 0 Å². The normalized spacial score (nSPS) is 15.2. The van der Waals surface area contributed by atoms with Gasteiger partial charge < -0.3 is 15.4 Å². The number of amides is 2. The van der Waals surface area contributed by atoms with Gasteiger partial charge in [0.05, 0.1) is 18.1 Å². The van der Waals surface area contributed by atoms with E-state index in [-0.39, 0.29) is 11.7 Å². The average Bonchev–Trinajstić information content (AvgIpc) is 2.54. The van der Waals surface area contributed by atoms with E-state index in [4.69, 9.17) is 4.74 Å². The van der Waals surface area contributed by atoms with Crippen LogP contribution >= 0.6 is 0 Å². The first-order valence-corrected chi connectivity index (χ1v) is 7.66. The summed E-state index contributed by atoms with van der Waals surface area (Å²) in [6, 6.07) is 4.27. The molecular formula is C15H22N4O4. The standard InChI is InChI=1S/C15H22N4O4/c1-12-3-4-13(11-14(12)19(21)22)17-15(20)16-5-2-6-18-7-9-23-10-8-18/h3-4,11H,2,5-10H2,1H3,(H2,16,17,20). The second-order valence-corrected chi connectivity index (χ2v) is 5.45. The number of nitrogens with one attached hydrogen (secondary N) is 2. The van der Waals surface area contributed by atoms with Gasteiger partial charge >= 0.3 is 6.03 Å². The fourth-order valence-electron chi connectivity index (χ4n) is 2.39. The van der Waals surface area contributed by atoms with Crippen LogP contribution in [0.4, 0.5) is 16.2 Å². The molecule has 1 saturated heterocycles. The molecule has 0 aliphatic carbocycles. The number of morpholine rings is 1. The molecule has 2 rings (SSSR count). The number of nitro benzene ring substituents is 1. The zero-order valence-electron chi connectivity index (χ0n) is 13.2. The van der Waals surface area contributed by atoms with E-state index in [9.17, 15) is 14.9 Å². The molecule has 0 saturated carbocycles. The highest BCUT2D eigenvalue weighted by Crippen LogP contribution is 2.22. The Bertz CT molecular complexity index is 558. The van der Waals surface area contributed by atoms with Crippen LogP contribution in [-0.4, -0.2) is 55.2 Å². The number of carbonyl (C=O) groups excluding carboxylic acids is 1. The number of aryl methyl sites for hydroxylation is 1. The summed E-state index contributed by atoms with van der Waals surface area (Å²) in [7, 11) is 0. The van der Waals surface area contributed by atoms with Crippen molar-refractivity contribution < 1.29 is 14.5 Å². The van der Waals surface area contributed by atoms with Crippen molar-refractivity contribution in [3.63, 3.8) is 0 Å². The Morgan fingerprint density at radius 2 is 2.13 bits per heavy atom. The predicted octanol–water partition coefficient (Wildman–Crippen LogP) is 1.75. The van der Waals surface area contributed by atoms with E-state index in [0.29, 0.717) is 17.8 Å². The van der Waals surface area contributed by atoms with Crippen LogP contribution in [0, 0.1) is 17.0 Å². The van der Waals surface area contributed by atoms with Gasteiger partial charge in [0.1, 0.15) is 0 Å². The molecule has 0 atom stereocenters. The van der Waals surface area contributed by atoms with Gasteiger partial charge in [0.15, 0.2) is 0 Å². The van der Waals surface area contributed by atoms with Gasteiger partial charge in [-0.3, -0.25) is 15.0 Å². The van der Waals surface area contributed by atoms with Gasteiger partial charge in [-0.25, -0.2) is 4.79 Å². The van der Waals surface area contributed by atoms with Crippen LogP contribution in [0.3, 0.4) is 0 Å². The first-order valence-electron chi connectivity index (χ1n) is 7.66. The number of hydrogen-bond donors (Lipinski definition) is 2. The van der Waals surface area contributed by atoms with E-state index in [1.807, 2.05) is 0 Å². The summed E-state index contributed by atoms with van der Waals surface area (Å²) in [5, 5.41) is 16.3. The monoisotopic (exact) mass is 322 g/mol. The predicted molar refractivity (Wildman–Crippen MR) is 86.7 cm³/mol. The molecule has 0 aromatic heterocycles. The van der Waals surface area contributed by atoms with Crippen molar-refractivity contribution in [1.29, 1.82) is 0 Å². The molecule has 126 valence electrons. The number of urea groups is 1. The van der Waals surface area contributed by atoms with Gasteiger partial charge in [0, 0.05) is 37.0 Å². The molecule has 2 amide bonds. The maximum absolute atomic E-state index is 11.8. The van der Waals surface area contributed by atoms with Crippen LogP contribution in [-0.2, 0) is 4.74 Å². The molecular weight excluding hydrogens is 300 g/mol. The van der Waals surface area contributed by atoms with E-state index >= 15 is 0 Å².